The summed E-state index contributed by atoms with van der Waals surface area (Å²) in [5.41, 5.74) is 2.34. The van der Waals surface area contributed by atoms with E-state index in [1.807, 2.05) is 24.4 Å². The number of rotatable bonds is 3. The number of carbonyl (C=O) groups is 3. The number of anilines is 2. The molecule has 0 radical (unpaired) electrons. The number of amides is 3. The minimum Gasteiger partial charge on any atom is -0.361 e. The summed E-state index contributed by atoms with van der Waals surface area (Å²) < 4.78 is 0. The molecule has 0 saturated heterocycles. The molecule has 0 aliphatic carbocycles. The second kappa shape index (κ2) is 6.36. The number of nitrogens with one attached hydrogen (secondary N) is 4. The van der Waals surface area contributed by atoms with Crippen LogP contribution in [0.5, 0.6) is 0 Å². The van der Waals surface area contributed by atoms with E-state index in [0.29, 0.717) is 16.9 Å². The Hall–Kier alpha value is -3.61. The Morgan fingerprint density at radius 2 is 1.92 bits per heavy atom. The van der Waals surface area contributed by atoms with Gasteiger partial charge in [-0.3, -0.25) is 14.4 Å². The molecule has 0 saturated carbocycles. The highest BCUT2D eigenvalue weighted by Crippen LogP contribution is 2.20. The molecule has 2 aromatic carbocycles. The number of para-hydroxylation sites is 1. The maximum Gasteiger partial charge on any atom is 0.254 e. The zero-order valence-corrected chi connectivity index (χ0v) is 13.7. The van der Waals surface area contributed by atoms with Gasteiger partial charge in [0.15, 0.2) is 0 Å². The minimum atomic E-state index is -0.941. The smallest absolute Gasteiger partial charge is 0.254 e. The second-order valence-electron chi connectivity index (χ2n) is 6.09. The fraction of sp³-hybridized carbons (Fsp3) is 0.105. The normalized spacial score (nSPS) is 16.4. The van der Waals surface area contributed by atoms with Crippen molar-refractivity contribution in [3.8, 4) is 0 Å². The fourth-order valence-corrected chi connectivity index (χ4v) is 2.98. The monoisotopic (exact) mass is 348 g/mol. The lowest BCUT2D eigenvalue weighted by Gasteiger charge is -2.14. The maximum absolute atomic E-state index is 12.3. The van der Waals surface area contributed by atoms with Gasteiger partial charge in [-0.05, 0) is 35.7 Å². The van der Waals surface area contributed by atoms with Crippen molar-refractivity contribution >= 4 is 40.0 Å². The van der Waals surface area contributed by atoms with E-state index in [-0.39, 0.29) is 18.2 Å². The number of fused-ring (bicyclic) bond motifs is 2. The van der Waals surface area contributed by atoms with E-state index < -0.39 is 11.9 Å². The molecule has 0 bridgehead atoms. The number of carbonyl (C=O) groups excluding carboxylic acids is 3. The van der Waals surface area contributed by atoms with Crippen LogP contribution in [-0.4, -0.2) is 28.7 Å². The molecule has 1 atom stereocenters. The molecular weight excluding hydrogens is 332 g/mol. The summed E-state index contributed by atoms with van der Waals surface area (Å²) in [6, 6.07) is 13.2. The van der Waals surface area contributed by atoms with Crippen molar-refractivity contribution in [2.75, 3.05) is 10.6 Å². The molecule has 0 spiro atoms. The lowest BCUT2D eigenvalue weighted by molar-refractivity contribution is -0.122. The molecule has 1 aliphatic heterocycles. The number of H-pyrrole nitrogens is 1. The van der Waals surface area contributed by atoms with Crippen LogP contribution in [0.2, 0.25) is 0 Å². The summed E-state index contributed by atoms with van der Waals surface area (Å²) in [4.78, 5) is 40.0. The first-order chi connectivity index (χ1) is 12.6. The average Bonchev–Trinajstić information content (AvgIpc) is 3.04. The number of hydrogen-bond acceptors (Lipinski definition) is 3. The van der Waals surface area contributed by atoms with Gasteiger partial charge in [0.1, 0.15) is 6.04 Å². The van der Waals surface area contributed by atoms with E-state index >= 15 is 0 Å². The predicted octanol–water partition coefficient (Wildman–Crippen LogP) is 2.25. The molecule has 3 aromatic rings. The number of aromatic amines is 1. The molecule has 3 amide bonds. The summed E-state index contributed by atoms with van der Waals surface area (Å²) in [7, 11) is 0. The van der Waals surface area contributed by atoms with Gasteiger partial charge < -0.3 is 20.9 Å². The number of benzene rings is 2. The van der Waals surface area contributed by atoms with Gasteiger partial charge in [0.25, 0.3) is 5.91 Å². The second-order valence-corrected chi connectivity index (χ2v) is 6.09. The first-order valence-corrected chi connectivity index (χ1v) is 8.18. The molecule has 4 N–H and O–H groups in total. The molecule has 26 heavy (non-hydrogen) atoms. The van der Waals surface area contributed by atoms with Crippen LogP contribution in [0.4, 0.5) is 11.4 Å². The topological polar surface area (TPSA) is 103 Å². The molecule has 0 unspecified atom stereocenters. The van der Waals surface area contributed by atoms with Crippen LogP contribution in [-0.2, 0) is 9.59 Å². The van der Waals surface area contributed by atoms with Crippen LogP contribution in [0.25, 0.3) is 10.9 Å². The third-order valence-corrected chi connectivity index (χ3v) is 4.28. The minimum absolute atomic E-state index is 0.158. The molecule has 1 aliphatic rings. The van der Waals surface area contributed by atoms with Crippen molar-refractivity contribution in [3.05, 3.63) is 60.3 Å². The van der Waals surface area contributed by atoms with Crippen LogP contribution in [0, 0.1) is 0 Å². The predicted molar refractivity (Wildman–Crippen MR) is 97.9 cm³/mol. The first-order valence-electron chi connectivity index (χ1n) is 8.18. The lowest BCUT2D eigenvalue weighted by Crippen LogP contribution is -2.43. The Morgan fingerprint density at radius 3 is 2.81 bits per heavy atom. The van der Waals surface area contributed by atoms with E-state index in [4.69, 9.17) is 0 Å². The summed E-state index contributed by atoms with van der Waals surface area (Å²) in [6.45, 7) is 0. The fourth-order valence-electron chi connectivity index (χ4n) is 2.98. The molecule has 1 aromatic heterocycles. The van der Waals surface area contributed by atoms with E-state index in [1.54, 1.807) is 30.3 Å². The molecule has 7 nitrogen and oxygen atoms in total. The van der Waals surface area contributed by atoms with Gasteiger partial charge in [-0.1, -0.05) is 18.2 Å². The lowest BCUT2D eigenvalue weighted by atomic mass is 10.1. The zero-order valence-electron chi connectivity index (χ0n) is 13.7. The highest BCUT2D eigenvalue weighted by molar-refractivity contribution is 6.11. The quantitative estimate of drug-likeness (QED) is 0.584. The van der Waals surface area contributed by atoms with Crippen LogP contribution in [0.15, 0.2) is 54.7 Å². The molecule has 130 valence electrons. The third kappa shape index (κ3) is 3.02. The van der Waals surface area contributed by atoms with Gasteiger partial charge >= 0.3 is 0 Å². The Kier molecular flexibility index (Phi) is 3.89. The summed E-state index contributed by atoms with van der Waals surface area (Å²) >= 11 is 0. The van der Waals surface area contributed by atoms with Crippen molar-refractivity contribution in [1.29, 1.82) is 0 Å². The van der Waals surface area contributed by atoms with Crippen molar-refractivity contribution in [2.45, 2.75) is 12.5 Å². The van der Waals surface area contributed by atoms with E-state index in [0.717, 1.165) is 10.9 Å². The Labute approximate surface area is 148 Å². The number of hydrogen-bond donors (Lipinski definition) is 4. The van der Waals surface area contributed by atoms with Gasteiger partial charge in [-0.15, -0.1) is 0 Å². The van der Waals surface area contributed by atoms with Crippen LogP contribution in [0.1, 0.15) is 16.8 Å². The van der Waals surface area contributed by atoms with Gasteiger partial charge in [-0.25, -0.2) is 0 Å². The zero-order chi connectivity index (χ0) is 18.1. The molecule has 2 heterocycles. The van der Waals surface area contributed by atoms with Crippen molar-refractivity contribution < 1.29 is 14.4 Å². The number of aromatic nitrogens is 1. The summed E-state index contributed by atoms with van der Waals surface area (Å²) in [5, 5.41) is 9.09. The Bertz CT molecular complexity index is 1020. The van der Waals surface area contributed by atoms with Crippen LogP contribution >= 0.6 is 0 Å². The van der Waals surface area contributed by atoms with Crippen molar-refractivity contribution in [1.82, 2.24) is 10.3 Å². The average molecular weight is 348 g/mol. The molecule has 0 fully saturated rings. The van der Waals surface area contributed by atoms with Crippen molar-refractivity contribution in [2.24, 2.45) is 0 Å². The Balaban J connectivity index is 1.47. The molecular formula is C19H16N4O3. The highest BCUT2D eigenvalue weighted by atomic mass is 16.2. The van der Waals surface area contributed by atoms with E-state index in [9.17, 15) is 14.4 Å². The summed E-state index contributed by atoms with van der Waals surface area (Å²) in [6.07, 6.45) is 1.66. The van der Waals surface area contributed by atoms with Gasteiger partial charge in [0.05, 0.1) is 17.7 Å². The van der Waals surface area contributed by atoms with Crippen LogP contribution < -0.4 is 16.0 Å². The van der Waals surface area contributed by atoms with E-state index in [1.165, 1.54) is 0 Å². The van der Waals surface area contributed by atoms with Crippen LogP contribution in [0.3, 0.4) is 0 Å². The van der Waals surface area contributed by atoms with Gasteiger partial charge in [-0.2, -0.15) is 0 Å². The first kappa shape index (κ1) is 15.9. The summed E-state index contributed by atoms with van der Waals surface area (Å²) in [5.74, 6) is -1.16. The van der Waals surface area contributed by atoms with Gasteiger partial charge in [0.2, 0.25) is 11.8 Å². The SMILES string of the molecule is O=C(C[C@H]1NC(=O)c2ccccc2NC1=O)Nc1ccc2cc[nH]c2c1. The third-order valence-electron chi connectivity index (χ3n) is 4.28. The largest absolute Gasteiger partial charge is 0.361 e. The van der Waals surface area contributed by atoms with Crippen molar-refractivity contribution in [3.63, 3.8) is 0 Å². The molecule has 7 heteroatoms. The Morgan fingerprint density at radius 1 is 1.08 bits per heavy atom. The maximum atomic E-state index is 12.3. The van der Waals surface area contributed by atoms with Gasteiger partial charge in [0, 0.05) is 17.4 Å². The van der Waals surface area contributed by atoms with E-state index in [2.05, 4.69) is 20.9 Å². The standard InChI is InChI=1S/C19H16N4O3/c24-17(21-12-6-5-11-7-8-20-15(11)9-12)10-16-19(26)22-14-4-2-1-3-13(14)18(25)23-16/h1-9,16,20H,10H2,(H,21,24)(H,22,26)(H,23,25)/t16-/m1/s1. The molecule has 4 rings (SSSR count). The highest BCUT2D eigenvalue weighted by Gasteiger charge is 2.29.